The molecule has 0 N–H and O–H groups in total. The largest absolute Gasteiger partial charge is 0.377 e. The predicted molar refractivity (Wildman–Crippen MR) is 67.6 cm³/mol. The molecule has 1 heterocycles. The van der Waals surface area contributed by atoms with Crippen molar-refractivity contribution in [3.63, 3.8) is 0 Å². The lowest BCUT2D eigenvalue weighted by molar-refractivity contribution is -0.384. The van der Waals surface area contributed by atoms with Crippen LogP contribution in [-0.4, -0.2) is 23.4 Å². The number of benzene rings is 1. The Morgan fingerprint density at radius 2 is 2.11 bits per heavy atom. The fourth-order valence-electron chi connectivity index (χ4n) is 1.80. The number of hydrogen-bond donors (Lipinski definition) is 0. The summed E-state index contributed by atoms with van der Waals surface area (Å²) in [5.41, 5.74) is 1.83. The van der Waals surface area contributed by atoms with E-state index < -0.39 is 4.92 Å². The summed E-state index contributed by atoms with van der Waals surface area (Å²) in [4.78, 5) is 12.2. The van der Waals surface area contributed by atoms with Gasteiger partial charge < -0.3 is 4.90 Å². The second-order valence-corrected chi connectivity index (χ2v) is 4.13. The zero-order chi connectivity index (χ0) is 13.0. The van der Waals surface area contributed by atoms with Crippen LogP contribution in [0.25, 0.3) is 0 Å². The third kappa shape index (κ3) is 2.91. The quantitative estimate of drug-likeness (QED) is 0.467. The number of nitro groups is 1. The van der Waals surface area contributed by atoms with E-state index in [-0.39, 0.29) is 5.69 Å². The Bertz CT molecular complexity index is 493. The van der Waals surface area contributed by atoms with Crippen LogP contribution in [0.3, 0.4) is 0 Å². The Labute approximate surface area is 105 Å². The third-order valence-electron chi connectivity index (χ3n) is 2.86. The van der Waals surface area contributed by atoms with Crippen molar-refractivity contribution in [1.82, 2.24) is 4.90 Å². The molecule has 2 rings (SSSR count). The molecule has 0 aliphatic carbocycles. The molecule has 18 heavy (non-hydrogen) atoms. The van der Waals surface area contributed by atoms with Gasteiger partial charge in [-0.05, 0) is 25.0 Å². The summed E-state index contributed by atoms with van der Waals surface area (Å²) in [6, 6.07) is 6.00. The summed E-state index contributed by atoms with van der Waals surface area (Å²) < 4.78 is 0. The number of rotatable bonds is 3. The van der Waals surface area contributed by atoms with E-state index in [1.807, 2.05) is 7.05 Å². The van der Waals surface area contributed by atoms with Crippen molar-refractivity contribution in [3.8, 4) is 0 Å². The number of hydrogen-bond acceptors (Lipinski definition) is 5. The van der Waals surface area contributed by atoms with E-state index in [4.69, 9.17) is 0 Å². The lowest BCUT2D eigenvalue weighted by Gasteiger charge is -2.10. The van der Waals surface area contributed by atoms with Crippen molar-refractivity contribution in [2.24, 2.45) is 10.2 Å². The van der Waals surface area contributed by atoms with Gasteiger partial charge in [-0.1, -0.05) is 0 Å². The van der Waals surface area contributed by atoms with Crippen LogP contribution in [0.1, 0.15) is 12.8 Å². The second kappa shape index (κ2) is 5.39. The molecule has 1 aliphatic rings. The molecule has 1 aromatic rings. The minimum absolute atomic E-state index is 0.0582. The van der Waals surface area contributed by atoms with E-state index in [9.17, 15) is 10.1 Å². The smallest absolute Gasteiger partial charge is 0.269 e. The number of nitrogens with zero attached hydrogens (tertiary/aromatic N) is 4. The van der Waals surface area contributed by atoms with Gasteiger partial charge in [0, 0.05) is 31.4 Å². The standard InChI is InChI=1S/C12H14N4O2/c1-15-8-2-3-12(15)9-13-14-10-4-6-11(7-5-10)16(17)18/h4-7,9H,2-3,8H2,1H3/b12-9-,14-13?. The number of azo groups is 1. The number of likely N-dealkylation sites (tertiary alicyclic amines) is 1. The minimum atomic E-state index is -0.434. The molecule has 0 spiro atoms. The summed E-state index contributed by atoms with van der Waals surface area (Å²) in [6.07, 6.45) is 3.92. The lowest BCUT2D eigenvalue weighted by atomic mass is 10.3. The van der Waals surface area contributed by atoms with Gasteiger partial charge in [-0.2, -0.15) is 10.2 Å². The maximum atomic E-state index is 10.5. The number of allylic oxidation sites excluding steroid dienone is 1. The average molecular weight is 246 g/mol. The first kappa shape index (κ1) is 12.2. The van der Waals surface area contributed by atoms with Crippen molar-refractivity contribution >= 4 is 11.4 Å². The predicted octanol–water partition coefficient (Wildman–Crippen LogP) is 3.25. The molecule has 0 unspecified atom stereocenters. The molecule has 0 saturated carbocycles. The van der Waals surface area contributed by atoms with Gasteiger partial charge >= 0.3 is 0 Å². The van der Waals surface area contributed by atoms with Gasteiger partial charge in [0.2, 0.25) is 0 Å². The first-order chi connectivity index (χ1) is 8.66. The van der Waals surface area contributed by atoms with Crippen LogP contribution >= 0.6 is 0 Å². The van der Waals surface area contributed by atoms with Gasteiger partial charge in [0.25, 0.3) is 5.69 Å². The van der Waals surface area contributed by atoms with Crippen molar-refractivity contribution < 1.29 is 4.92 Å². The molecule has 0 amide bonds. The van der Waals surface area contributed by atoms with Crippen molar-refractivity contribution in [1.29, 1.82) is 0 Å². The van der Waals surface area contributed by atoms with Crippen LogP contribution < -0.4 is 0 Å². The lowest BCUT2D eigenvalue weighted by Crippen LogP contribution is -2.09. The Morgan fingerprint density at radius 1 is 1.39 bits per heavy atom. The van der Waals surface area contributed by atoms with Gasteiger partial charge in [-0.25, -0.2) is 0 Å². The van der Waals surface area contributed by atoms with Gasteiger partial charge in [-0.15, -0.1) is 0 Å². The van der Waals surface area contributed by atoms with Crippen LogP contribution in [0.2, 0.25) is 0 Å². The Morgan fingerprint density at radius 3 is 2.67 bits per heavy atom. The molecule has 0 radical (unpaired) electrons. The highest BCUT2D eigenvalue weighted by Crippen LogP contribution is 2.20. The number of non-ortho nitro benzene ring substituents is 1. The van der Waals surface area contributed by atoms with Gasteiger partial charge in [-0.3, -0.25) is 10.1 Å². The van der Waals surface area contributed by atoms with E-state index in [1.54, 1.807) is 18.3 Å². The fourth-order valence-corrected chi connectivity index (χ4v) is 1.80. The zero-order valence-corrected chi connectivity index (χ0v) is 10.1. The van der Waals surface area contributed by atoms with E-state index in [0.29, 0.717) is 5.69 Å². The molecule has 0 bridgehead atoms. The molecular formula is C12H14N4O2. The summed E-state index contributed by atoms with van der Waals surface area (Å²) in [6.45, 7) is 1.05. The van der Waals surface area contributed by atoms with E-state index in [0.717, 1.165) is 19.4 Å². The summed E-state index contributed by atoms with van der Waals surface area (Å²) in [5.74, 6) is 0. The zero-order valence-electron chi connectivity index (χ0n) is 10.1. The molecule has 94 valence electrons. The van der Waals surface area contributed by atoms with Crippen molar-refractivity contribution in [2.75, 3.05) is 13.6 Å². The topological polar surface area (TPSA) is 71.1 Å². The highest BCUT2D eigenvalue weighted by atomic mass is 16.6. The highest BCUT2D eigenvalue weighted by molar-refractivity contribution is 5.43. The highest BCUT2D eigenvalue weighted by Gasteiger charge is 2.11. The monoisotopic (exact) mass is 246 g/mol. The summed E-state index contributed by atoms with van der Waals surface area (Å²) >= 11 is 0. The normalized spacial score (nSPS) is 17.8. The molecule has 0 aromatic heterocycles. The summed E-state index contributed by atoms with van der Waals surface area (Å²) in [7, 11) is 2.03. The Hall–Kier alpha value is -2.24. The van der Waals surface area contributed by atoms with Crippen LogP contribution in [0.5, 0.6) is 0 Å². The second-order valence-electron chi connectivity index (χ2n) is 4.13. The molecule has 6 nitrogen and oxygen atoms in total. The maximum Gasteiger partial charge on any atom is 0.269 e. The molecule has 1 saturated heterocycles. The average Bonchev–Trinajstić information content (AvgIpc) is 2.76. The molecule has 6 heteroatoms. The molecular weight excluding hydrogens is 232 g/mol. The Kier molecular flexibility index (Phi) is 3.66. The maximum absolute atomic E-state index is 10.5. The summed E-state index contributed by atoms with van der Waals surface area (Å²) in [5, 5.41) is 18.5. The van der Waals surface area contributed by atoms with E-state index in [1.165, 1.54) is 17.8 Å². The van der Waals surface area contributed by atoms with Crippen LogP contribution in [0.4, 0.5) is 11.4 Å². The van der Waals surface area contributed by atoms with Crippen LogP contribution in [0, 0.1) is 10.1 Å². The van der Waals surface area contributed by atoms with Crippen LogP contribution in [0.15, 0.2) is 46.4 Å². The van der Waals surface area contributed by atoms with Gasteiger partial charge in [0.05, 0.1) is 16.8 Å². The van der Waals surface area contributed by atoms with Crippen molar-refractivity contribution in [3.05, 3.63) is 46.3 Å². The minimum Gasteiger partial charge on any atom is -0.377 e. The Balaban J connectivity index is 2.03. The van der Waals surface area contributed by atoms with Gasteiger partial charge in [0.1, 0.15) is 0 Å². The van der Waals surface area contributed by atoms with E-state index >= 15 is 0 Å². The third-order valence-corrected chi connectivity index (χ3v) is 2.86. The molecule has 1 aromatic carbocycles. The van der Waals surface area contributed by atoms with E-state index in [2.05, 4.69) is 15.1 Å². The molecule has 0 atom stereocenters. The molecule has 1 aliphatic heterocycles. The first-order valence-electron chi connectivity index (χ1n) is 5.72. The first-order valence-corrected chi connectivity index (χ1v) is 5.72. The van der Waals surface area contributed by atoms with Gasteiger partial charge in [0.15, 0.2) is 0 Å². The fraction of sp³-hybridized carbons (Fsp3) is 0.333. The SMILES string of the molecule is CN1CCC/C1=C/N=Nc1ccc([N+](=O)[O-])cc1. The number of nitro benzene ring substituents is 1. The molecule has 1 fully saturated rings. The van der Waals surface area contributed by atoms with Crippen molar-refractivity contribution in [2.45, 2.75) is 12.8 Å². The van der Waals surface area contributed by atoms with Crippen LogP contribution in [-0.2, 0) is 0 Å².